The van der Waals surface area contributed by atoms with Gasteiger partial charge in [-0.3, -0.25) is 10.00 Å². The summed E-state index contributed by atoms with van der Waals surface area (Å²) >= 11 is 0. The van der Waals surface area contributed by atoms with E-state index in [1.54, 1.807) is 12.1 Å². The molecule has 0 radical (unpaired) electrons. The summed E-state index contributed by atoms with van der Waals surface area (Å²) in [7, 11) is 0. The van der Waals surface area contributed by atoms with E-state index in [4.69, 9.17) is 4.42 Å². The molecule has 2 aromatic heterocycles. The van der Waals surface area contributed by atoms with Crippen molar-refractivity contribution in [2.45, 2.75) is 13.3 Å². The minimum absolute atomic E-state index is 0.380. The van der Waals surface area contributed by atoms with Crippen molar-refractivity contribution >= 4 is 22.7 Å². The molecule has 1 aliphatic heterocycles. The number of nitrogens with zero attached hydrogens (tertiary/aromatic N) is 3. The molecule has 4 rings (SSSR count). The standard InChI is InChI=1S/C21H24N4O2/c1-3-7-24-8-10-25(11-9-24)17-6-5-15-12-18(21(26)27-20(15)14-17)19-13-16(4-2)22-23-19/h4-6,12-14H,2-3,7-11H2,1H3,(H,22,23). The Morgan fingerprint density at radius 1 is 1.22 bits per heavy atom. The number of nitrogens with one attached hydrogen (secondary N) is 1. The summed E-state index contributed by atoms with van der Waals surface area (Å²) in [6.45, 7) is 11.2. The normalized spacial score (nSPS) is 15.4. The lowest BCUT2D eigenvalue weighted by atomic mass is 10.1. The molecule has 140 valence electrons. The molecule has 1 N–H and O–H groups in total. The van der Waals surface area contributed by atoms with Crippen molar-refractivity contribution in [1.29, 1.82) is 0 Å². The molecule has 0 bridgehead atoms. The van der Waals surface area contributed by atoms with Crippen LogP contribution in [0.5, 0.6) is 0 Å². The molecule has 6 heteroatoms. The maximum Gasteiger partial charge on any atom is 0.345 e. The van der Waals surface area contributed by atoms with Gasteiger partial charge < -0.3 is 9.32 Å². The number of anilines is 1. The van der Waals surface area contributed by atoms with Crippen LogP contribution in [-0.2, 0) is 0 Å². The number of aromatic amines is 1. The van der Waals surface area contributed by atoms with E-state index in [1.807, 2.05) is 18.2 Å². The maximum absolute atomic E-state index is 12.5. The van der Waals surface area contributed by atoms with Gasteiger partial charge in [-0.15, -0.1) is 0 Å². The van der Waals surface area contributed by atoms with Gasteiger partial charge in [0.05, 0.1) is 17.0 Å². The van der Waals surface area contributed by atoms with Crippen LogP contribution in [0.2, 0.25) is 0 Å². The molecule has 3 aromatic rings. The van der Waals surface area contributed by atoms with Gasteiger partial charge in [0.25, 0.3) is 0 Å². The van der Waals surface area contributed by atoms with Crippen LogP contribution in [0.25, 0.3) is 28.3 Å². The molecule has 3 heterocycles. The van der Waals surface area contributed by atoms with Gasteiger partial charge in [-0.05, 0) is 43.3 Å². The Labute approximate surface area is 158 Å². The first-order valence-electron chi connectivity index (χ1n) is 9.41. The summed E-state index contributed by atoms with van der Waals surface area (Å²) in [5.41, 5.74) is 3.11. The SMILES string of the molecule is C=Cc1cc(-c2cc3ccc(N4CCN(CCC)CC4)cc3oc2=O)n[nH]1. The number of H-pyrrole nitrogens is 1. The molecule has 6 nitrogen and oxygen atoms in total. The van der Waals surface area contributed by atoms with Crippen LogP contribution in [0, 0.1) is 0 Å². The minimum atomic E-state index is -0.380. The van der Waals surface area contributed by atoms with E-state index in [-0.39, 0.29) is 5.63 Å². The Kier molecular flexibility index (Phi) is 4.81. The number of piperazine rings is 1. The predicted molar refractivity (Wildman–Crippen MR) is 109 cm³/mol. The molecule has 0 atom stereocenters. The van der Waals surface area contributed by atoms with Crippen molar-refractivity contribution in [2.75, 3.05) is 37.6 Å². The van der Waals surface area contributed by atoms with Gasteiger partial charge in [0, 0.05) is 43.3 Å². The van der Waals surface area contributed by atoms with Gasteiger partial charge in [-0.1, -0.05) is 13.5 Å². The highest BCUT2D eigenvalue weighted by atomic mass is 16.4. The first kappa shape index (κ1) is 17.5. The summed E-state index contributed by atoms with van der Waals surface area (Å²) in [6.07, 6.45) is 2.85. The second-order valence-corrected chi connectivity index (χ2v) is 6.91. The van der Waals surface area contributed by atoms with E-state index >= 15 is 0 Å². The van der Waals surface area contributed by atoms with Crippen molar-refractivity contribution in [3.63, 3.8) is 0 Å². The fourth-order valence-corrected chi connectivity index (χ4v) is 3.60. The molecule has 1 saturated heterocycles. The Morgan fingerprint density at radius 3 is 2.74 bits per heavy atom. The quantitative estimate of drug-likeness (QED) is 0.703. The first-order chi connectivity index (χ1) is 13.2. The van der Waals surface area contributed by atoms with Crippen LogP contribution in [0.15, 0.2) is 46.1 Å². The smallest absolute Gasteiger partial charge is 0.345 e. The van der Waals surface area contributed by atoms with Gasteiger partial charge in [0.1, 0.15) is 5.58 Å². The summed E-state index contributed by atoms with van der Waals surface area (Å²) in [5, 5.41) is 7.89. The second-order valence-electron chi connectivity index (χ2n) is 6.91. The Morgan fingerprint density at radius 2 is 2.04 bits per heavy atom. The van der Waals surface area contributed by atoms with Gasteiger partial charge >= 0.3 is 5.63 Å². The molecule has 0 spiro atoms. The van der Waals surface area contributed by atoms with Gasteiger partial charge in [0.15, 0.2) is 0 Å². The van der Waals surface area contributed by atoms with Crippen molar-refractivity contribution in [1.82, 2.24) is 15.1 Å². The fourth-order valence-electron chi connectivity index (χ4n) is 3.60. The number of fused-ring (bicyclic) bond motifs is 1. The van der Waals surface area contributed by atoms with Gasteiger partial charge in [0.2, 0.25) is 0 Å². The zero-order valence-corrected chi connectivity index (χ0v) is 15.6. The first-order valence-corrected chi connectivity index (χ1v) is 9.41. The van der Waals surface area contributed by atoms with Gasteiger partial charge in [-0.25, -0.2) is 4.79 Å². The van der Waals surface area contributed by atoms with E-state index in [9.17, 15) is 4.79 Å². The van der Waals surface area contributed by atoms with Crippen LogP contribution >= 0.6 is 0 Å². The molecule has 0 amide bonds. The lowest BCUT2D eigenvalue weighted by Crippen LogP contribution is -2.46. The van der Waals surface area contributed by atoms with E-state index in [2.05, 4.69) is 39.6 Å². The molecule has 0 aliphatic carbocycles. The molecule has 0 saturated carbocycles. The summed E-state index contributed by atoms with van der Waals surface area (Å²) in [5.74, 6) is 0. The molecule has 27 heavy (non-hydrogen) atoms. The van der Waals surface area contributed by atoms with Crippen molar-refractivity contribution < 1.29 is 4.42 Å². The van der Waals surface area contributed by atoms with E-state index in [0.717, 1.165) is 49.5 Å². The number of rotatable bonds is 5. The summed E-state index contributed by atoms with van der Waals surface area (Å²) < 4.78 is 5.61. The van der Waals surface area contributed by atoms with Crippen molar-refractivity contribution in [3.05, 3.63) is 53.0 Å². The van der Waals surface area contributed by atoms with E-state index in [1.165, 1.54) is 6.42 Å². The average Bonchev–Trinajstić information content (AvgIpc) is 3.17. The molecular formula is C21H24N4O2. The largest absolute Gasteiger partial charge is 0.422 e. The zero-order valence-electron chi connectivity index (χ0n) is 15.6. The summed E-state index contributed by atoms with van der Waals surface area (Å²) in [6, 6.07) is 9.70. The third-order valence-corrected chi connectivity index (χ3v) is 5.09. The second kappa shape index (κ2) is 7.40. The molecule has 0 unspecified atom stereocenters. The third-order valence-electron chi connectivity index (χ3n) is 5.09. The maximum atomic E-state index is 12.5. The number of aromatic nitrogens is 2. The molecule has 1 fully saturated rings. The topological polar surface area (TPSA) is 65.4 Å². The van der Waals surface area contributed by atoms with Crippen LogP contribution < -0.4 is 10.5 Å². The Bertz CT molecular complexity index is 1010. The predicted octanol–water partition coefficient (Wildman–Crippen LogP) is 3.36. The number of hydrogen-bond donors (Lipinski definition) is 1. The minimum Gasteiger partial charge on any atom is -0.422 e. The van der Waals surface area contributed by atoms with Crippen LogP contribution in [-0.4, -0.2) is 47.8 Å². The lowest BCUT2D eigenvalue weighted by Gasteiger charge is -2.36. The van der Waals surface area contributed by atoms with Gasteiger partial charge in [-0.2, -0.15) is 5.10 Å². The van der Waals surface area contributed by atoms with E-state index < -0.39 is 0 Å². The highest BCUT2D eigenvalue weighted by Gasteiger charge is 2.17. The monoisotopic (exact) mass is 364 g/mol. The van der Waals surface area contributed by atoms with Crippen LogP contribution in [0.4, 0.5) is 5.69 Å². The third kappa shape index (κ3) is 3.53. The molecule has 1 aromatic carbocycles. The highest BCUT2D eigenvalue weighted by Crippen LogP contribution is 2.25. The lowest BCUT2D eigenvalue weighted by molar-refractivity contribution is 0.258. The number of benzene rings is 1. The molecular weight excluding hydrogens is 340 g/mol. The fraction of sp³-hybridized carbons (Fsp3) is 0.333. The van der Waals surface area contributed by atoms with Crippen LogP contribution in [0.3, 0.4) is 0 Å². The van der Waals surface area contributed by atoms with Crippen molar-refractivity contribution in [3.8, 4) is 11.3 Å². The zero-order chi connectivity index (χ0) is 18.8. The van der Waals surface area contributed by atoms with Crippen molar-refractivity contribution in [2.24, 2.45) is 0 Å². The van der Waals surface area contributed by atoms with E-state index in [0.29, 0.717) is 16.8 Å². The number of hydrogen-bond acceptors (Lipinski definition) is 5. The van der Waals surface area contributed by atoms with Crippen LogP contribution in [0.1, 0.15) is 19.0 Å². The summed E-state index contributed by atoms with van der Waals surface area (Å²) in [4.78, 5) is 17.3. The average molecular weight is 364 g/mol. The Hall–Kier alpha value is -2.86. The molecule has 1 aliphatic rings. The Balaban J connectivity index is 1.61. The highest BCUT2D eigenvalue weighted by molar-refractivity contribution is 5.84.